The quantitative estimate of drug-likeness (QED) is 0.342. The Labute approximate surface area is 148 Å². The number of fused-ring (bicyclic) bond motifs is 2. The topological polar surface area (TPSA) is 72.3 Å². The van der Waals surface area contributed by atoms with Crippen LogP contribution in [0.4, 0.5) is 0 Å². The summed E-state index contributed by atoms with van der Waals surface area (Å²) in [6, 6.07) is 14.3. The number of aromatic amines is 1. The van der Waals surface area contributed by atoms with Gasteiger partial charge in [-0.3, -0.25) is 4.79 Å². The van der Waals surface area contributed by atoms with E-state index in [1.54, 1.807) is 43.6 Å². The van der Waals surface area contributed by atoms with Crippen LogP contribution in [-0.2, 0) is 0 Å². The number of para-hydroxylation sites is 1. The van der Waals surface area contributed by atoms with Crippen molar-refractivity contribution in [2.45, 2.75) is 0 Å². The maximum atomic E-state index is 12.5. The molecule has 5 heteroatoms. The van der Waals surface area contributed by atoms with Crippen LogP contribution in [0.25, 0.3) is 27.9 Å². The predicted molar refractivity (Wildman–Crippen MR) is 101 cm³/mol. The third-order valence-electron chi connectivity index (χ3n) is 4.24. The van der Waals surface area contributed by atoms with Gasteiger partial charge in [0.2, 0.25) is 0 Å². The summed E-state index contributed by atoms with van der Waals surface area (Å²) in [4.78, 5) is 27.7. The number of nitrogens with one attached hydrogen (secondary N) is 1. The third-order valence-corrected chi connectivity index (χ3v) is 4.24. The lowest BCUT2D eigenvalue weighted by molar-refractivity contribution is 0.104. The summed E-state index contributed by atoms with van der Waals surface area (Å²) >= 11 is 0. The van der Waals surface area contributed by atoms with Crippen molar-refractivity contribution in [2.24, 2.45) is 0 Å². The molecule has 1 N–H and O–H groups in total. The van der Waals surface area contributed by atoms with Crippen LogP contribution in [0.1, 0.15) is 15.9 Å². The van der Waals surface area contributed by atoms with Crippen LogP contribution in [-0.4, -0.2) is 17.9 Å². The van der Waals surface area contributed by atoms with Crippen molar-refractivity contribution in [3.63, 3.8) is 0 Å². The Morgan fingerprint density at radius 2 is 2.00 bits per heavy atom. The van der Waals surface area contributed by atoms with E-state index < -0.39 is 11.4 Å². The summed E-state index contributed by atoms with van der Waals surface area (Å²) in [6.45, 7) is 0. The van der Waals surface area contributed by atoms with E-state index in [9.17, 15) is 9.59 Å². The number of carbonyl (C=O) groups excluding carboxylic acids is 1. The van der Waals surface area contributed by atoms with Crippen molar-refractivity contribution in [1.82, 2.24) is 4.98 Å². The molecule has 0 amide bonds. The molecular formula is C21H15NO4. The van der Waals surface area contributed by atoms with Crippen LogP contribution in [0.3, 0.4) is 0 Å². The van der Waals surface area contributed by atoms with E-state index in [0.717, 1.165) is 22.2 Å². The minimum atomic E-state index is -0.640. The van der Waals surface area contributed by atoms with Crippen molar-refractivity contribution in [2.75, 3.05) is 7.11 Å². The lowest BCUT2D eigenvalue weighted by Crippen LogP contribution is -2.11. The molecule has 2 aromatic carbocycles. The maximum Gasteiger partial charge on any atom is 0.347 e. The van der Waals surface area contributed by atoms with Crippen LogP contribution in [0, 0.1) is 0 Å². The molecule has 0 saturated carbocycles. The largest absolute Gasteiger partial charge is 0.497 e. The smallest absolute Gasteiger partial charge is 0.347 e. The molecule has 0 bridgehead atoms. The molecule has 0 fully saturated rings. The Bertz CT molecular complexity index is 1210. The molecular weight excluding hydrogens is 330 g/mol. The molecule has 0 unspecified atom stereocenters. The van der Waals surface area contributed by atoms with Gasteiger partial charge in [0.1, 0.15) is 16.9 Å². The number of rotatable bonds is 4. The number of methoxy groups -OCH3 is 1. The second kappa shape index (κ2) is 6.37. The van der Waals surface area contributed by atoms with Gasteiger partial charge in [0.05, 0.1) is 7.11 Å². The molecule has 26 heavy (non-hydrogen) atoms. The van der Waals surface area contributed by atoms with Gasteiger partial charge in [0.15, 0.2) is 5.78 Å². The lowest BCUT2D eigenvalue weighted by atomic mass is 10.1. The van der Waals surface area contributed by atoms with Gasteiger partial charge in [-0.05, 0) is 42.5 Å². The van der Waals surface area contributed by atoms with E-state index in [4.69, 9.17) is 9.15 Å². The standard InChI is InChI=1S/C21H15NO4/c1-25-15-7-8-18-16(11-15)14(12-22-18)6-9-19(23)17-10-13-4-2-3-5-20(13)26-21(17)24/h2-12,22H,1H3/b9-6+. The molecule has 0 saturated heterocycles. The maximum absolute atomic E-state index is 12.5. The van der Waals surface area contributed by atoms with E-state index >= 15 is 0 Å². The van der Waals surface area contributed by atoms with Crippen molar-refractivity contribution < 1.29 is 13.9 Å². The summed E-state index contributed by atoms with van der Waals surface area (Å²) < 4.78 is 10.5. The fourth-order valence-electron chi connectivity index (χ4n) is 2.88. The van der Waals surface area contributed by atoms with Crippen LogP contribution >= 0.6 is 0 Å². The second-order valence-corrected chi connectivity index (χ2v) is 5.84. The predicted octanol–water partition coefficient (Wildman–Crippen LogP) is 4.18. The Morgan fingerprint density at radius 1 is 1.15 bits per heavy atom. The highest BCUT2D eigenvalue weighted by Gasteiger charge is 2.11. The highest BCUT2D eigenvalue weighted by atomic mass is 16.5. The van der Waals surface area contributed by atoms with Crippen LogP contribution in [0.2, 0.25) is 0 Å². The van der Waals surface area contributed by atoms with Gasteiger partial charge in [-0.25, -0.2) is 4.79 Å². The number of H-pyrrole nitrogens is 1. The van der Waals surface area contributed by atoms with Gasteiger partial charge < -0.3 is 14.1 Å². The molecule has 2 heterocycles. The van der Waals surface area contributed by atoms with Crippen LogP contribution in [0.15, 0.2) is 70.0 Å². The van der Waals surface area contributed by atoms with E-state index in [0.29, 0.717) is 11.0 Å². The number of hydrogen-bond acceptors (Lipinski definition) is 4. The average Bonchev–Trinajstić information content (AvgIpc) is 3.07. The molecule has 0 spiro atoms. The first-order valence-electron chi connectivity index (χ1n) is 8.06. The van der Waals surface area contributed by atoms with Gasteiger partial charge in [-0.1, -0.05) is 18.2 Å². The summed E-state index contributed by atoms with van der Waals surface area (Å²) in [5.41, 5.74) is 1.60. The number of allylic oxidation sites excluding steroid dienone is 1. The highest BCUT2D eigenvalue weighted by Crippen LogP contribution is 2.24. The Kier molecular flexibility index (Phi) is 3.89. The van der Waals surface area contributed by atoms with E-state index in [2.05, 4.69) is 4.98 Å². The molecule has 0 aliphatic heterocycles. The zero-order valence-electron chi connectivity index (χ0n) is 14.0. The summed E-state index contributed by atoms with van der Waals surface area (Å²) in [5, 5.41) is 1.64. The van der Waals surface area contributed by atoms with Gasteiger partial charge in [0.25, 0.3) is 0 Å². The number of carbonyl (C=O) groups is 1. The Hall–Kier alpha value is -3.60. The molecule has 5 nitrogen and oxygen atoms in total. The van der Waals surface area contributed by atoms with Crippen LogP contribution in [0.5, 0.6) is 5.75 Å². The van der Waals surface area contributed by atoms with E-state index in [1.165, 1.54) is 6.08 Å². The van der Waals surface area contributed by atoms with Crippen molar-refractivity contribution in [3.05, 3.63) is 82.4 Å². The Morgan fingerprint density at radius 3 is 2.85 bits per heavy atom. The van der Waals surface area contributed by atoms with Gasteiger partial charge in [-0.15, -0.1) is 0 Å². The minimum Gasteiger partial charge on any atom is -0.497 e. The molecule has 128 valence electrons. The molecule has 0 aliphatic carbocycles. The number of ketones is 1. The summed E-state index contributed by atoms with van der Waals surface area (Å²) in [7, 11) is 1.60. The first-order chi connectivity index (χ1) is 12.7. The van der Waals surface area contributed by atoms with E-state index in [1.807, 2.05) is 24.3 Å². The number of hydrogen-bond donors (Lipinski definition) is 1. The van der Waals surface area contributed by atoms with Gasteiger partial charge in [0, 0.05) is 28.0 Å². The van der Waals surface area contributed by atoms with Gasteiger partial charge in [-0.2, -0.15) is 0 Å². The minimum absolute atomic E-state index is 0.0115. The average molecular weight is 345 g/mol. The highest BCUT2D eigenvalue weighted by molar-refractivity contribution is 6.08. The summed E-state index contributed by atoms with van der Waals surface area (Å²) in [6.07, 6.45) is 4.86. The van der Waals surface area contributed by atoms with Gasteiger partial charge >= 0.3 is 5.63 Å². The van der Waals surface area contributed by atoms with Crippen molar-refractivity contribution in [1.29, 1.82) is 0 Å². The molecule has 2 aromatic heterocycles. The zero-order chi connectivity index (χ0) is 18.1. The normalized spacial score (nSPS) is 11.4. The Balaban J connectivity index is 1.70. The molecule has 0 atom stereocenters. The van der Waals surface area contributed by atoms with Crippen molar-refractivity contribution in [3.8, 4) is 5.75 Å². The summed E-state index contributed by atoms with van der Waals surface area (Å²) in [5.74, 6) is 0.329. The number of aromatic nitrogens is 1. The van der Waals surface area contributed by atoms with Crippen molar-refractivity contribution >= 4 is 33.7 Å². The molecule has 0 radical (unpaired) electrons. The first-order valence-corrected chi connectivity index (χ1v) is 8.06. The fourth-order valence-corrected chi connectivity index (χ4v) is 2.88. The van der Waals surface area contributed by atoms with E-state index in [-0.39, 0.29) is 5.56 Å². The second-order valence-electron chi connectivity index (χ2n) is 5.84. The zero-order valence-corrected chi connectivity index (χ0v) is 14.0. The molecule has 0 aliphatic rings. The number of ether oxygens (including phenoxy) is 1. The first kappa shape index (κ1) is 15.9. The lowest BCUT2D eigenvalue weighted by Gasteiger charge is -2.00. The molecule has 4 rings (SSSR count). The van der Waals surface area contributed by atoms with Crippen LogP contribution < -0.4 is 10.4 Å². The monoisotopic (exact) mass is 345 g/mol. The number of benzene rings is 2. The molecule has 4 aromatic rings. The fraction of sp³-hybridized carbons (Fsp3) is 0.0476. The third kappa shape index (κ3) is 2.80. The SMILES string of the molecule is COc1ccc2[nH]cc(/C=C/C(=O)c3cc4ccccc4oc3=O)c2c1.